The molecule has 4 nitrogen and oxygen atoms in total. The first kappa shape index (κ1) is 11.0. The number of H-pyrrole nitrogens is 1. The lowest BCUT2D eigenvalue weighted by Crippen LogP contribution is -2.12. The van der Waals surface area contributed by atoms with Crippen LogP contribution in [0.2, 0.25) is 0 Å². The fourth-order valence-electron chi connectivity index (χ4n) is 2.05. The van der Waals surface area contributed by atoms with Gasteiger partial charge in [0.25, 0.3) is 0 Å². The van der Waals surface area contributed by atoms with Gasteiger partial charge in [-0.3, -0.25) is 0 Å². The first-order valence-corrected chi connectivity index (χ1v) is 6.00. The van der Waals surface area contributed by atoms with Gasteiger partial charge in [-0.1, -0.05) is 11.2 Å². The summed E-state index contributed by atoms with van der Waals surface area (Å²) in [5.41, 5.74) is 3.38. The molecule has 2 aromatic heterocycles. The van der Waals surface area contributed by atoms with E-state index in [1.807, 2.05) is 19.2 Å². The minimum atomic E-state index is 0.725. The Morgan fingerprint density at radius 3 is 3.00 bits per heavy atom. The quantitative estimate of drug-likeness (QED) is 0.738. The highest BCUT2D eigenvalue weighted by molar-refractivity contribution is 5.79. The number of nitrogens with zero attached hydrogens (tertiary/aromatic N) is 1. The van der Waals surface area contributed by atoms with Crippen LogP contribution in [-0.4, -0.2) is 10.1 Å². The third-order valence-electron chi connectivity index (χ3n) is 2.93. The van der Waals surface area contributed by atoms with Crippen LogP contribution < -0.4 is 5.32 Å². The van der Waals surface area contributed by atoms with Gasteiger partial charge in [-0.2, -0.15) is 0 Å². The Morgan fingerprint density at radius 1 is 1.22 bits per heavy atom. The van der Waals surface area contributed by atoms with Crippen LogP contribution in [-0.2, 0) is 13.1 Å². The van der Waals surface area contributed by atoms with Crippen LogP contribution in [0.3, 0.4) is 0 Å². The maximum Gasteiger partial charge on any atom is 0.133 e. The molecule has 1 aromatic carbocycles. The molecule has 0 aliphatic heterocycles. The molecule has 2 N–H and O–H groups in total. The maximum atomic E-state index is 5.02. The molecule has 0 unspecified atom stereocenters. The predicted octanol–water partition coefficient (Wildman–Crippen LogP) is 2.75. The lowest BCUT2D eigenvalue weighted by molar-refractivity contribution is 0.388. The highest BCUT2D eigenvalue weighted by Gasteiger charge is 2.00. The Kier molecular flexibility index (Phi) is 2.86. The molecule has 0 fully saturated rings. The molecule has 18 heavy (non-hydrogen) atoms. The lowest BCUT2D eigenvalue weighted by Gasteiger charge is -2.03. The van der Waals surface area contributed by atoms with Gasteiger partial charge >= 0.3 is 0 Å². The molecule has 2 heterocycles. The van der Waals surface area contributed by atoms with Crippen molar-refractivity contribution in [2.45, 2.75) is 20.0 Å². The number of hydrogen-bond acceptors (Lipinski definition) is 3. The zero-order chi connectivity index (χ0) is 12.4. The van der Waals surface area contributed by atoms with Crippen molar-refractivity contribution in [1.82, 2.24) is 15.5 Å². The fourth-order valence-corrected chi connectivity index (χ4v) is 2.05. The molecule has 0 aliphatic rings. The van der Waals surface area contributed by atoms with Gasteiger partial charge in [0, 0.05) is 30.9 Å². The van der Waals surface area contributed by atoms with E-state index in [4.69, 9.17) is 4.52 Å². The fraction of sp³-hybridized carbons (Fsp3) is 0.214. The molecule has 0 bridgehead atoms. The van der Waals surface area contributed by atoms with Gasteiger partial charge in [0.15, 0.2) is 0 Å². The van der Waals surface area contributed by atoms with E-state index in [9.17, 15) is 0 Å². The number of aromatic amines is 1. The van der Waals surface area contributed by atoms with Crippen LogP contribution in [0.5, 0.6) is 0 Å². The molecule has 0 radical (unpaired) electrons. The summed E-state index contributed by atoms with van der Waals surface area (Å²) in [7, 11) is 0. The summed E-state index contributed by atoms with van der Waals surface area (Å²) >= 11 is 0. The van der Waals surface area contributed by atoms with Crippen molar-refractivity contribution < 1.29 is 4.52 Å². The topological polar surface area (TPSA) is 53.9 Å². The van der Waals surface area contributed by atoms with Crippen LogP contribution in [0.1, 0.15) is 17.0 Å². The smallest absolute Gasteiger partial charge is 0.133 e. The number of benzene rings is 1. The van der Waals surface area contributed by atoms with Gasteiger partial charge in [0.1, 0.15) is 5.76 Å². The standard InChI is InChI=1S/C14H15N3O/c1-10-6-13(17-18-10)9-15-8-11-2-3-14-12(7-11)4-5-16-14/h2-7,15-16H,8-9H2,1H3. The van der Waals surface area contributed by atoms with Crippen molar-refractivity contribution >= 4 is 10.9 Å². The molecule has 3 rings (SSSR count). The van der Waals surface area contributed by atoms with Gasteiger partial charge in [0.2, 0.25) is 0 Å². The molecule has 0 amide bonds. The SMILES string of the molecule is Cc1cc(CNCc2ccc3[nH]ccc3c2)no1. The summed E-state index contributed by atoms with van der Waals surface area (Å²) in [4.78, 5) is 3.19. The Hall–Kier alpha value is -2.07. The number of nitrogens with one attached hydrogen (secondary N) is 2. The molecule has 3 aromatic rings. The Balaban J connectivity index is 1.62. The van der Waals surface area contributed by atoms with Crippen molar-refractivity contribution in [1.29, 1.82) is 0 Å². The Bertz CT molecular complexity index is 654. The molecular weight excluding hydrogens is 226 g/mol. The molecule has 0 saturated carbocycles. The lowest BCUT2D eigenvalue weighted by atomic mass is 10.1. The first-order valence-electron chi connectivity index (χ1n) is 6.00. The van der Waals surface area contributed by atoms with Crippen molar-refractivity contribution in [3.05, 3.63) is 53.5 Å². The molecule has 0 spiro atoms. The summed E-state index contributed by atoms with van der Waals surface area (Å²) < 4.78 is 5.02. The number of aryl methyl sites for hydroxylation is 1. The maximum absolute atomic E-state index is 5.02. The second-order valence-corrected chi connectivity index (χ2v) is 4.43. The van der Waals surface area contributed by atoms with E-state index in [0.29, 0.717) is 0 Å². The van der Waals surface area contributed by atoms with Crippen LogP contribution in [0, 0.1) is 6.92 Å². The van der Waals surface area contributed by atoms with Gasteiger partial charge in [-0.15, -0.1) is 0 Å². The third kappa shape index (κ3) is 2.28. The van der Waals surface area contributed by atoms with Crippen molar-refractivity contribution in [2.24, 2.45) is 0 Å². The molecule has 92 valence electrons. The molecular formula is C14H15N3O. The normalized spacial score (nSPS) is 11.2. The zero-order valence-electron chi connectivity index (χ0n) is 10.2. The van der Waals surface area contributed by atoms with E-state index >= 15 is 0 Å². The summed E-state index contributed by atoms with van der Waals surface area (Å²) in [6.07, 6.45) is 1.96. The number of rotatable bonds is 4. The second-order valence-electron chi connectivity index (χ2n) is 4.43. The highest BCUT2D eigenvalue weighted by atomic mass is 16.5. The predicted molar refractivity (Wildman–Crippen MR) is 70.1 cm³/mol. The largest absolute Gasteiger partial charge is 0.361 e. The average Bonchev–Trinajstić information content (AvgIpc) is 2.97. The summed E-state index contributed by atoms with van der Waals surface area (Å²) in [5, 5.41) is 8.54. The van der Waals surface area contributed by atoms with E-state index in [-0.39, 0.29) is 0 Å². The molecule has 0 atom stereocenters. The van der Waals surface area contributed by atoms with Gasteiger partial charge in [0.05, 0.1) is 5.69 Å². The van der Waals surface area contributed by atoms with Crippen LogP contribution >= 0.6 is 0 Å². The summed E-state index contributed by atoms with van der Waals surface area (Å²) in [5.74, 6) is 0.848. The third-order valence-corrected chi connectivity index (χ3v) is 2.93. The molecule has 0 aliphatic carbocycles. The Labute approximate surface area is 105 Å². The number of hydrogen-bond donors (Lipinski definition) is 2. The molecule has 4 heteroatoms. The van der Waals surface area contributed by atoms with Crippen molar-refractivity contribution in [3.8, 4) is 0 Å². The van der Waals surface area contributed by atoms with Crippen molar-refractivity contribution in [2.75, 3.05) is 0 Å². The zero-order valence-corrected chi connectivity index (χ0v) is 10.2. The van der Waals surface area contributed by atoms with E-state index in [0.717, 1.165) is 24.5 Å². The number of aromatic nitrogens is 2. The van der Waals surface area contributed by atoms with E-state index in [2.05, 4.69) is 39.7 Å². The summed E-state index contributed by atoms with van der Waals surface area (Å²) in [6.45, 7) is 3.45. The minimum absolute atomic E-state index is 0.725. The highest BCUT2D eigenvalue weighted by Crippen LogP contribution is 2.14. The van der Waals surface area contributed by atoms with Crippen LogP contribution in [0.15, 0.2) is 41.1 Å². The second kappa shape index (κ2) is 4.66. The van der Waals surface area contributed by atoms with E-state index in [1.54, 1.807) is 0 Å². The van der Waals surface area contributed by atoms with Gasteiger partial charge in [-0.05, 0) is 36.1 Å². The van der Waals surface area contributed by atoms with Crippen LogP contribution in [0.4, 0.5) is 0 Å². The average molecular weight is 241 g/mol. The van der Waals surface area contributed by atoms with Gasteiger partial charge < -0.3 is 14.8 Å². The van der Waals surface area contributed by atoms with Crippen molar-refractivity contribution in [3.63, 3.8) is 0 Å². The van der Waals surface area contributed by atoms with E-state index < -0.39 is 0 Å². The monoisotopic (exact) mass is 241 g/mol. The molecule has 0 saturated heterocycles. The Morgan fingerprint density at radius 2 is 2.17 bits per heavy atom. The van der Waals surface area contributed by atoms with Crippen LogP contribution in [0.25, 0.3) is 10.9 Å². The number of fused-ring (bicyclic) bond motifs is 1. The minimum Gasteiger partial charge on any atom is -0.361 e. The first-order chi connectivity index (χ1) is 8.81. The van der Waals surface area contributed by atoms with E-state index in [1.165, 1.54) is 16.5 Å². The van der Waals surface area contributed by atoms with Gasteiger partial charge in [-0.25, -0.2) is 0 Å². The summed E-state index contributed by atoms with van der Waals surface area (Å²) in [6, 6.07) is 10.4.